The van der Waals surface area contributed by atoms with Gasteiger partial charge in [0, 0.05) is 11.5 Å². The summed E-state index contributed by atoms with van der Waals surface area (Å²) in [5.74, 6) is -0.0496. The van der Waals surface area contributed by atoms with Crippen molar-refractivity contribution in [3.8, 4) is 17.6 Å². The van der Waals surface area contributed by atoms with Crippen LogP contribution in [0, 0.1) is 11.3 Å². The van der Waals surface area contributed by atoms with Crippen LogP contribution in [0.2, 0.25) is 0 Å². The Morgan fingerprint density at radius 3 is 2.85 bits per heavy atom. The van der Waals surface area contributed by atoms with Gasteiger partial charge in [-0.25, -0.2) is 0 Å². The van der Waals surface area contributed by atoms with Crippen molar-refractivity contribution in [1.82, 2.24) is 10.2 Å². The Labute approximate surface area is 161 Å². The van der Waals surface area contributed by atoms with Crippen molar-refractivity contribution in [2.24, 2.45) is 0 Å². The number of nitrogens with one attached hydrogen (secondary N) is 1. The number of ether oxygens (including phenoxy) is 1. The monoisotopic (exact) mass is 384 g/mol. The van der Waals surface area contributed by atoms with Crippen LogP contribution in [0.1, 0.15) is 48.6 Å². The fourth-order valence-corrected chi connectivity index (χ4v) is 4.00. The molecule has 0 aliphatic heterocycles. The van der Waals surface area contributed by atoms with Gasteiger partial charge < -0.3 is 9.84 Å². The number of para-hydroxylation sites is 1. The second-order valence-electron chi connectivity index (χ2n) is 6.30. The SMILES string of the molecule is COc1cccc(/C=C(\C#N)C(=O)Nc2nnc(C3CCCCC3)s2)c1O. The molecule has 7 nitrogen and oxygen atoms in total. The highest BCUT2D eigenvalue weighted by Gasteiger charge is 2.21. The number of hydrogen-bond acceptors (Lipinski definition) is 7. The van der Waals surface area contributed by atoms with E-state index in [0.717, 1.165) is 17.8 Å². The number of aromatic nitrogens is 2. The number of nitrogens with zero attached hydrogens (tertiary/aromatic N) is 3. The minimum atomic E-state index is -0.592. The normalized spacial score (nSPS) is 15.2. The van der Waals surface area contributed by atoms with E-state index in [0.29, 0.717) is 16.6 Å². The van der Waals surface area contributed by atoms with E-state index in [1.165, 1.54) is 43.8 Å². The third kappa shape index (κ3) is 4.44. The number of aromatic hydroxyl groups is 1. The molecule has 1 aliphatic carbocycles. The highest BCUT2D eigenvalue weighted by molar-refractivity contribution is 7.15. The van der Waals surface area contributed by atoms with E-state index in [-0.39, 0.29) is 17.1 Å². The van der Waals surface area contributed by atoms with E-state index in [2.05, 4.69) is 15.5 Å². The molecule has 0 unspecified atom stereocenters. The number of phenolic OH excluding ortho intramolecular Hbond substituents is 1. The molecule has 1 saturated carbocycles. The molecule has 27 heavy (non-hydrogen) atoms. The number of hydrogen-bond donors (Lipinski definition) is 2. The first-order chi connectivity index (χ1) is 13.1. The van der Waals surface area contributed by atoms with Crippen LogP contribution in [-0.2, 0) is 4.79 Å². The zero-order valence-corrected chi connectivity index (χ0v) is 15.8. The lowest BCUT2D eigenvalue weighted by atomic mass is 9.90. The summed E-state index contributed by atoms with van der Waals surface area (Å²) in [6.45, 7) is 0. The summed E-state index contributed by atoms with van der Waals surface area (Å²) >= 11 is 1.35. The molecule has 1 amide bonds. The van der Waals surface area contributed by atoms with Gasteiger partial charge in [0.2, 0.25) is 5.13 Å². The van der Waals surface area contributed by atoms with Crippen molar-refractivity contribution in [2.45, 2.75) is 38.0 Å². The molecular formula is C19H20N4O3S. The van der Waals surface area contributed by atoms with Gasteiger partial charge in [-0.1, -0.05) is 42.7 Å². The Kier molecular flexibility index (Phi) is 6.04. The zero-order chi connectivity index (χ0) is 19.2. The van der Waals surface area contributed by atoms with Crippen LogP contribution in [0.5, 0.6) is 11.5 Å². The van der Waals surface area contributed by atoms with Crippen LogP contribution >= 0.6 is 11.3 Å². The van der Waals surface area contributed by atoms with Crippen LogP contribution in [0.15, 0.2) is 23.8 Å². The molecule has 1 aliphatic rings. The minimum absolute atomic E-state index is 0.129. The van der Waals surface area contributed by atoms with Crippen molar-refractivity contribution in [2.75, 3.05) is 12.4 Å². The second-order valence-corrected chi connectivity index (χ2v) is 7.31. The first kappa shape index (κ1) is 18.9. The second kappa shape index (κ2) is 8.64. The Morgan fingerprint density at radius 2 is 2.15 bits per heavy atom. The maximum atomic E-state index is 12.4. The highest BCUT2D eigenvalue weighted by Crippen LogP contribution is 2.35. The molecule has 2 aromatic rings. The van der Waals surface area contributed by atoms with Crippen LogP contribution in [0.4, 0.5) is 5.13 Å². The molecular weight excluding hydrogens is 364 g/mol. The molecule has 0 bridgehead atoms. The van der Waals surface area contributed by atoms with E-state index in [1.54, 1.807) is 18.2 Å². The molecule has 3 rings (SSSR count). The number of carbonyl (C=O) groups excluding carboxylic acids is 1. The first-order valence-corrected chi connectivity index (χ1v) is 9.56. The summed E-state index contributed by atoms with van der Waals surface area (Å²) in [4.78, 5) is 12.4. The number of benzene rings is 1. The van der Waals surface area contributed by atoms with Crippen LogP contribution < -0.4 is 10.1 Å². The lowest BCUT2D eigenvalue weighted by Crippen LogP contribution is -2.13. The molecule has 1 fully saturated rings. The molecule has 1 aromatic heterocycles. The van der Waals surface area contributed by atoms with Gasteiger partial charge in [0.25, 0.3) is 5.91 Å². The molecule has 0 radical (unpaired) electrons. The predicted molar refractivity (Wildman–Crippen MR) is 103 cm³/mol. The third-order valence-electron chi connectivity index (χ3n) is 4.53. The maximum Gasteiger partial charge on any atom is 0.268 e. The lowest BCUT2D eigenvalue weighted by molar-refractivity contribution is -0.112. The van der Waals surface area contributed by atoms with E-state index >= 15 is 0 Å². The molecule has 1 heterocycles. The van der Waals surface area contributed by atoms with Crippen molar-refractivity contribution in [1.29, 1.82) is 5.26 Å². The number of rotatable bonds is 5. The summed E-state index contributed by atoms with van der Waals surface area (Å²) in [6.07, 6.45) is 7.15. The maximum absolute atomic E-state index is 12.4. The van der Waals surface area contributed by atoms with Crippen molar-refractivity contribution >= 4 is 28.5 Å². The highest BCUT2D eigenvalue weighted by atomic mass is 32.1. The Morgan fingerprint density at radius 1 is 1.37 bits per heavy atom. The van der Waals surface area contributed by atoms with Gasteiger partial charge in [-0.2, -0.15) is 5.26 Å². The van der Waals surface area contributed by atoms with Gasteiger partial charge in [-0.15, -0.1) is 10.2 Å². The summed E-state index contributed by atoms with van der Waals surface area (Å²) in [6, 6.07) is 6.71. The molecule has 8 heteroatoms. The zero-order valence-electron chi connectivity index (χ0n) is 14.9. The Bertz CT molecular complexity index is 895. The van der Waals surface area contributed by atoms with Gasteiger partial charge in [0.15, 0.2) is 11.5 Å². The fourth-order valence-electron chi connectivity index (χ4n) is 3.09. The number of carbonyl (C=O) groups is 1. The third-order valence-corrected chi connectivity index (χ3v) is 5.53. The fraction of sp³-hybridized carbons (Fsp3) is 0.368. The van der Waals surface area contributed by atoms with Gasteiger partial charge in [0.1, 0.15) is 16.6 Å². The summed E-state index contributed by atoms with van der Waals surface area (Å²) in [7, 11) is 1.43. The largest absolute Gasteiger partial charge is 0.504 e. The molecule has 2 N–H and O–H groups in total. The van der Waals surface area contributed by atoms with Crippen molar-refractivity contribution in [3.63, 3.8) is 0 Å². The van der Waals surface area contributed by atoms with Crippen molar-refractivity contribution < 1.29 is 14.6 Å². The quantitative estimate of drug-likeness (QED) is 0.599. The number of methoxy groups -OCH3 is 1. The van der Waals surface area contributed by atoms with Crippen LogP contribution in [0.3, 0.4) is 0 Å². The van der Waals surface area contributed by atoms with Crippen molar-refractivity contribution in [3.05, 3.63) is 34.3 Å². The van der Waals surface area contributed by atoms with Gasteiger partial charge in [-0.3, -0.25) is 10.1 Å². The summed E-state index contributed by atoms with van der Waals surface area (Å²) < 4.78 is 5.04. The topological polar surface area (TPSA) is 108 Å². The van der Waals surface area contributed by atoms with Gasteiger partial charge in [0.05, 0.1) is 7.11 Å². The van der Waals surface area contributed by atoms with E-state index in [4.69, 9.17) is 4.74 Å². The predicted octanol–water partition coefficient (Wildman–Crippen LogP) is 3.85. The molecule has 1 aromatic carbocycles. The van der Waals surface area contributed by atoms with E-state index in [9.17, 15) is 15.2 Å². The Balaban J connectivity index is 1.74. The van der Waals surface area contributed by atoms with Gasteiger partial charge >= 0.3 is 0 Å². The average molecular weight is 384 g/mol. The molecule has 0 saturated heterocycles. The standard InChI is InChI=1S/C19H20N4O3S/c1-26-15-9-5-8-13(16(15)24)10-14(11-20)17(25)21-19-23-22-18(27-19)12-6-3-2-4-7-12/h5,8-10,12,24H,2-4,6-7H2,1H3,(H,21,23,25)/b14-10+. The first-order valence-electron chi connectivity index (χ1n) is 8.75. The summed E-state index contributed by atoms with van der Waals surface area (Å²) in [5, 5.41) is 31.6. The Hall–Kier alpha value is -2.92. The van der Waals surface area contributed by atoms with Crippen LogP contribution in [-0.4, -0.2) is 28.3 Å². The molecule has 0 atom stereocenters. The smallest absolute Gasteiger partial charge is 0.268 e. The van der Waals surface area contributed by atoms with E-state index in [1.807, 2.05) is 6.07 Å². The van der Waals surface area contributed by atoms with Gasteiger partial charge in [-0.05, 0) is 25.0 Å². The molecule has 140 valence electrons. The lowest BCUT2D eigenvalue weighted by Gasteiger charge is -2.18. The average Bonchev–Trinajstić information content (AvgIpc) is 3.16. The molecule has 0 spiro atoms. The van der Waals surface area contributed by atoms with E-state index < -0.39 is 5.91 Å². The number of anilines is 1. The van der Waals surface area contributed by atoms with Crippen LogP contribution in [0.25, 0.3) is 6.08 Å². The number of nitriles is 1. The number of phenols is 1. The summed E-state index contributed by atoms with van der Waals surface area (Å²) in [5.41, 5.74) is 0.175. The number of amides is 1. The minimum Gasteiger partial charge on any atom is -0.504 e.